The molecule has 2 heteroatoms. The van der Waals surface area contributed by atoms with E-state index in [2.05, 4.69) is 17.4 Å². The highest BCUT2D eigenvalue weighted by Crippen LogP contribution is 2.35. The van der Waals surface area contributed by atoms with Crippen molar-refractivity contribution >= 4 is 5.69 Å². The summed E-state index contributed by atoms with van der Waals surface area (Å²) in [6.45, 7) is 0. The van der Waals surface area contributed by atoms with Gasteiger partial charge >= 0.3 is 0 Å². The van der Waals surface area contributed by atoms with Gasteiger partial charge in [-0.15, -0.1) is 0 Å². The summed E-state index contributed by atoms with van der Waals surface area (Å²) in [4.78, 5) is 0. The molecule has 0 fully saturated rings. The van der Waals surface area contributed by atoms with Crippen LogP contribution < -0.4 is 5.32 Å². The van der Waals surface area contributed by atoms with E-state index < -0.39 is 0 Å². The molecule has 1 unspecified atom stereocenters. The summed E-state index contributed by atoms with van der Waals surface area (Å²) in [5, 5.41) is 3.35. The van der Waals surface area contributed by atoms with Crippen molar-refractivity contribution in [3.05, 3.63) is 65.5 Å². The fourth-order valence-corrected chi connectivity index (χ4v) is 2.23. The lowest BCUT2D eigenvalue weighted by molar-refractivity contribution is 0.610. The van der Waals surface area contributed by atoms with Gasteiger partial charge in [0.05, 0.1) is 6.04 Å². The normalized spacial score (nSPS) is 17.9. The molecule has 0 aliphatic carbocycles. The zero-order chi connectivity index (χ0) is 11.0. The van der Waals surface area contributed by atoms with Crippen molar-refractivity contribution in [2.45, 2.75) is 12.5 Å². The molecular formula is C14H12FN. The van der Waals surface area contributed by atoms with Crippen LogP contribution in [0.15, 0.2) is 48.5 Å². The largest absolute Gasteiger partial charge is 0.378 e. The number of rotatable bonds is 1. The Bertz CT molecular complexity index is 507. The zero-order valence-electron chi connectivity index (χ0n) is 8.78. The molecule has 2 aromatic carbocycles. The third-order valence-electron chi connectivity index (χ3n) is 3.06. The molecule has 0 saturated carbocycles. The molecule has 1 N–H and O–H groups in total. The van der Waals surface area contributed by atoms with E-state index in [1.54, 1.807) is 6.07 Å². The highest BCUT2D eigenvalue weighted by atomic mass is 19.1. The first-order valence-corrected chi connectivity index (χ1v) is 5.43. The Kier molecular flexibility index (Phi) is 2.13. The molecule has 0 spiro atoms. The Labute approximate surface area is 93.9 Å². The van der Waals surface area contributed by atoms with Crippen molar-refractivity contribution in [1.29, 1.82) is 0 Å². The fourth-order valence-electron chi connectivity index (χ4n) is 2.23. The summed E-state index contributed by atoms with van der Waals surface area (Å²) in [5.41, 5.74) is 2.93. The maximum absolute atomic E-state index is 13.5. The molecule has 0 radical (unpaired) electrons. The Balaban J connectivity index is 1.94. The quantitative estimate of drug-likeness (QED) is 0.764. The van der Waals surface area contributed by atoms with Crippen molar-refractivity contribution in [3.8, 4) is 0 Å². The second-order valence-electron chi connectivity index (χ2n) is 4.08. The lowest BCUT2D eigenvalue weighted by atomic mass is 10.0. The summed E-state index contributed by atoms with van der Waals surface area (Å²) < 4.78 is 13.5. The molecule has 16 heavy (non-hydrogen) atoms. The highest BCUT2D eigenvalue weighted by Gasteiger charge is 2.23. The van der Waals surface area contributed by atoms with Gasteiger partial charge in [0.2, 0.25) is 0 Å². The monoisotopic (exact) mass is 213 g/mol. The van der Waals surface area contributed by atoms with Crippen LogP contribution in [0.4, 0.5) is 10.1 Å². The van der Waals surface area contributed by atoms with Crippen molar-refractivity contribution in [1.82, 2.24) is 0 Å². The molecule has 1 aliphatic rings. The number of hydrogen-bond acceptors (Lipinski definition) is 1. The van der Waals surface area contributed by atoms with Gasteiger partial charge in [0.25, 0.3) is 0 Å². The second kappa shape index (κ2) is 3.63. The first-order valence-electron chi connectivity index (χ1n) is 5.43. The smallest absolute Gasteiger partial charge is 0.128 e. The standard InChI is InChI=1S/C14H12FN/c15-12-7-4-8-13-11(12)9-14(16-13)10-5-2-1-3-6-10/h1-8,14,16H,9H2. The molecule has 2 aromatic rings. The third kappa shape index (κ3) is 1.47. The molecule has 80 valence electrons. The molecule has 0 bridgehead atoms. The molecule has 1 atom stereocenters. The van der Waals surface area contributed by atoms with Crippen LogP contribution in [0, 0.1) is 5.82 Å². The first-order chi connectivity index (χ1) is 7.84. The van der Waals surface area contributed by atoms with Crippen molar-refractivity contribution in [3.63, 3.8) is 0 Å². The van der Waals surface area contributed by atoms with Gasteiger partial charge < -0.3 is 5.32 Å². The van der Waals surface area contributed by atoms with Crippen molar-refractivity contribution in [2.24, 2.45) is 0 Å². The zero-order valence-corrected chi connectivity index (χ0v) is 8.78. The van der Waals surface area contributed by atoms with Crippen LogP contribution in [0.1, 0.15) is 17.2 Å². The van der Waals surface area contributed by atoms with Gasteiger partial charge in [-0.3, -0.25) is 0 Å². The Hall–Kier alpha value is -1.83. The van der Waals surface area contributed by atoms with Crippen LogP contribution in [0.25, 0.3) is 0 Å². The second-order valence-corrected chi connectivity index (χ2v) is 4.08. The number of anilines is 1. The average Bonchev–Trinajstić information content (AvgIpc) is 2.76. The van der Waals surface area contributed by atoms with Gasteiger partial charge in [-0.25, -0.2) is 4.39 Å². The van der Waals surface area contributed by atoms with Crippen LogP contribution in [-0.4, -0.2) is 0 Å². The average molecular weight is 213 g/mol. The minimum absolute atomic E-state index is 0.108. The maximum Gasteiger partial charge on any atom is 0.128 e. The summed E-state index contributed by atoms with van der Waals surface area (Å²) in [7, 11) is 0. The third-order valence-corrected chi connectivity index (χ3v) is 3.06. The van der Waals surface area contributed by atoms with Crippen LogP contribution >= 0.6 is 0 Å². The van der Waals surface area contributed by atoms with Gasteiger partial charge in [-0.2, -0.15) is 0 Å². The van der Waals surface area contributed by atoms with E-state index in [0.717, 1.165) is 17.7 Å². The first kappa shape index (κ1) is 9.40. The number of fused-ring (bicyclic) bond motifs is 1. The molecule has 1 aliphatic heterocycles. The topological polar surface area (TPSA) is 12.0 Å². The van der Waals surface area contributed by atoms with Gasteiger partial charge in [-0.05, 0) is 17.7 Å². The Morgan fingerprint density at radius 2 is 1.81 bits per heavy atom. The minimum atomic E-state index is -0.108. The van der Waals surface area contributed by atoms with Crippen LogP contribution in [0.2, 0.25) is 0 Å². The Morgan fingerprint density at radius 1 is 1.00 bits per heavy atom. The lowest BCUT2D eigenvalue weighted by Crippen LogP contribution is -2.04. The van der Waals surface area contributed by atoms with Crippen molar-refractivity contribution < 1.29 is 4.39 Å². The molecule has 0 saturated heterocycles. The molecule has 1 nitrogen and oxygen atoms in total. The number of hydrogen-bond donors (Lipinski definition) is 1. The fraction of sp³-hybridized carbons (Fsp3) is 0.143. The van der Waals surface area contributed by atoms with E-state index in [1.807, 2.05) is 24.3 Å². The summed E-state index contributed by atoms with van der Waals surface area (Å²) in [5.74, 6) is -0.108. The van der Waals surface area contributed by atoms with E-state index in [9.17, 15) is 4.39 Å². The highest BCUT2D eigenvalue weighted by molar-refractivity contribution is 5.58. The van der Waals surface area contributed by atoms with E-state index in [-0.39, 0.29) is 11.9 Å². The van der Waals surface area contributed by atoms with Gasteiger partial charge in [-0.1, -0.05) is 36.4 Å². The molecule has 0 aromatic heterocycles. The SMILES string of the molecule is Fc1cccc2c1CC(c1ccccc1)N2. The van der Waals surface area contributed by atoms with Crippen LogP contribution in [0.5, 0.6) is 0 Å². The van der Waals surface area contributed by atoms with Gasteiger partial charge in [0.1, 0.15) is 5.82 Å². The number of nitrogens with one attached hydrogen (secondary N) is 1. The molecule has 3 rings (SSSR count). The molecule has 0 amide bonds. The maximum atomic E-state index is 13.5. The number of benzene rings is 2. The summed E-state index contributed by atoms with van der Waals surface area (Å²) >= 11 is 0. The van der Waals surface area contributed by atoms with E-state index in [4.69, 9.17) is 0 Å². The lowest BCUT2D eigenvalue weighted by Gasteiger charge is -2.10. The van der Waals surface area contributed by atoms with E-state index >= 15 is 0 Å². The van der Waals surface area contributed by atoms with E-state index in [1.165, 1.54) is 11.6 Å². The summed E-state index contributed by atoms with van der Waals surface area (Å²) in [6.07, 6.45) is 0.728. The van der Waals surface area contributed by atoms with Crippen LogP contribution in [0.3, 0.4) is 0 Å². The summed E-state index contributed by atoms with van der Waals surface area (Å²) in [6, 6.07) is 15.6. The predicted molar refractivity (Wildman–Crippen MR) is 62.9 cm³/mol. The Morgan fingerprint density at radius 3 is 2.56 bits per heavy atom. The van der Waals surface area contributed by atoms with Crippen molar-refractivity contribution in [2.75, 3.05) is 5.32 Å². The van der Waals surface area contributed by atoms with Gasteiger partial charge in [0.15, 0.2) is 0 Å². The van der Waals surface area contributed by atoms with Crippen LogP contribution in [-0.2, 0) is 6.42 Å². The van der Waals surface area contributed by atoms with E-state index in [0.29, 0.717) is 0 Å². The molecular weight excluding hydrogens is 201 g/mol. The minimum Gasteiger partial charge on any atom is -0.378 e. The molecule has 1 heterocycles. The number of halogens is 1. The predicted octanol–water partition coefficient (Wildman–Crippen LogP) is 3.54. The van der Waals surface area contributed by atoms with Gasteiger partial charge in [0, 0.05) is 17.7 Å².